The molecule has 2 N–H and O–H groups in total. The summed E-state index contributed by atoms with van der Waals surface area (Å²) in [5.74, 6) is 0.494. The first kappa shape index (κ1) is 16.5. The van der Waals surface area contributed by atoms with Crippen molar-refractivity contribution in [1.29, 1.82) is 0 Å². The highest BCUT2D eigenvalue weighted by atomic mass is 35.5. The van der Waals surface area contributed by atoms with Crippen LogP contribution in [-0.4, -0.2) is 9.88 Å². The molecule has 1 heterocycles. The molecule has 0 spiro atoms. The number of anilines is 1. The number of pyridine rings is 1. The molecule has 0 bridgehead atoms. The van der Waals surface area contributed by atoms with Crippen LogP contribution in [-0.2, 0) is 19.6 Å². The second-order valence-electron chi connectivity index (χ2n) is 5.78. The van der Waals surface area contributed by atoms with E-state index >= 15 is 0 Å². The summed E-state index contributed by atoms with van der Waals surface area (Å²) in [5.41, 5.74) is 9.14. The Morgan fingerprint density at radius 2 is 1.29 bits per heavy atom. The topological polar surface area (TPSA) is 42.1 Å². The molecule has 0 saturated heterocycles. The first-order chi connectivity index (χ1) is 11.7. The maximum atomic E-state index is 6.30. The van der Waals surface area contributed by atoms with E-state index in [9.17, 15) is 0 Å². The third kappa shape index (κ3) is 4.57. The van der Waals surface area contributed by atoms with Crippen LogP contribution in [0.25, 0.3) is 0 Å². The second kappa shape index (κ2) is 7.95. The van der Waals surface area contributed by atoms with Crippen LogP contribution in [0.15, 0.2) is 72.8 Å². The molecule has 0 atom stereocenters. The highest BCUT2D eigenvalue weighted by molar-refractivity contribution is 6.31. The summed E-state index contributed by atoms with van der Waals surface area (Å²) in [4.78, 5) is 6.72. The van der Waals surface area contributed by atoms with E-state index in [2.05, 4.69) is 58.4 Å². The third-order valence-electron chi connectivity index (χ3n) is 3.81. The zero-order valence-corrected chi connectivity index (χ0v) is 14.2. The number of hydrogen-bond donors (Lipinski definition) is 1. The predicted molar refractivity (Wildman–Crippen MR) is 99.5 cm³/mol. The molecule has 0 unspecified atom stereocenters. The lowest BCUT2D eigenvalue weighted by Crippen LogP contribution is -2.23. The summed E-state index contributed by atoms with van der Waals surface area (Å²) in [6, 6.07) is 24.3. The minimum Gasteiger partial charge on any atom is -0.384 e. The van der Waals surface area contributed by atoms with Gasteiger partial charge in [0.1, 0.15) is 5.82 Å². The molecule has 2 aromatic carbocycles. The Morgan fingerprint density at radius 3 is 1.83 bits per heavy atom. The van der Waals surface area contributed by atoms with Gasteiger partial charge in [0.2, 0.25) is 0 Å². The Hall–Kier alpha value is -2.36. The number of aromatic nitrogens is 1. The van der Waals surface area contributed by atoms with Gasteiger partial charge in [-0.1, -0.05) is 72.3 Å². The summed E-state index contributed by atoms with van der Waals surface area (Å²) in [6.07, 6.45) is 0. The lowest BCUT2D eigenvalue weighted by Gasteiger charge is -2.23. The molecule has 0 aliphatic carbocycles. The van der Waals surface area contributed by atoms with Gasteiger partial charge in [-0.25, -0.2) is 4.98 Å². The minimum atomic E-state index is 0.494. The lowest BCUT2D eigenvalue weighted by atomic mass is 10.1. The summed E-state index contributed by atoms with van der Waals surface area (Å²) in [6.45, 7) is 2.29. The van der Waals surface area contributed by atoms with E-state index in [4.69, 9.17) is 17.3 Å². The van der Waals surface area contributed by atoms with E-state index in [-0.39, 0.29) is 0 Å². The maximum Gasteiger partial charge on any atom is 0.123 e. The van der Waals surface area contributed by atoms with Gasteiger partial charge in [0, 0.05) is 19.6 Å². The van der Waals surface area contributed by atoms with Gasteiger partial charge in [-0.2, -0.15) is 0 Å². The molecule has 0 aliphatic heterocycles. The Morgan fingerprint density at radius 1 is 0.750 bits per heavy atom. The van der Waals surface area contributed by atoms with Crippen molar-refractivity contribution in [2.24, 2.45) is 0 Å². The van der Waals surface area contributed by atoms with E-state index < -0.39 is 0 Å². The molecule has 3 aromatic rings. The van der Waals surface area contributed by atoms with Crippen molar-refractivity contribution in [3.05, 3.63) is 94.6 Å². The molecule has 0 fully saturated rings. The number of benzene rings is 2. The standard InChI is InChI=1S/C20H20ClN3/c21-18-11-12-20(22)23-19(18)15-24(13-16-7-3-1-4-8-16)14-17-9-5-2-6-10-17/h1-12H,13-15H2,(H2,22,23). The van der Waals surface area contributed by atoms with Crippen molar-refractivity contribution in [1.82, 2.24) is 9.88 Å². The molecule has 3 rings (SSSR count). The van der Waals surface area contributed by atoms with Gasteiger partial charge in [-0.15, -0.1) is 0 Å². The van der Waals surface area contributed by atoms with E-state index in [0.717, 1.165) is 18.8 Å². The quantitative estimate of drug-likeness (QED) is 0.719. The second-order valence-corrected chi connectivity index (χ2v) is 6.19. The molecule has 24 heavy (non-hydrogen) atoms. The van der Waals surface area contributed by atoms with Crippen molar-refractivity contribution in [3.63, 3.8) is 0 Å². The van der Waals surface area contributed by atoms with E-state index in [1.807, 2.05) is 18.2 Å². The van der Waals surface area contributed by atoms with Crippen LogP contribution in [0, 0.1) is 0 Å². The molecule has 0 radical (unpaired) electrons. The number of halogens is 1. The highest BCUT2D eigenvalue weighted by Crippen LogP contribution is 2.20. The first-order valence-corrected chi connectivity index (χ1v) is 8.29. The van der Waals surface area contributed by atoms with Crippen LogP contribution in [0.4, 0.5) is 5.82 Å². The van der Waals surface area contributed by atoms with Crippen LogP contribution in [0.1, 0.15) is 16.8 Å². The van der Waals surface area contributed by atoms with Gasteiger partial charge in [0.25, 0.3) is 0 Å². The van der Waals surface area contributed by atoms with Crippen molar-refractivity contribution >= 4 is 17.4 Å². The van der Waals surface area contributed by atoms with Crippen molar-refractivity contribution in [3.8, 4) is 0 Å². The van der Waals surface area contributed by atoms with Crippen molar-refractivity contribution in [2.75, 3.05) is 5.73 Å². The summed E-state index contributed by atoms with van der Waals surface area (Å²) < 4.78 is 0. The van der Waals surface area contributed by atoms with Gasteiger partial charge < -0.3 is 5.73 Å². The largest absolute Gasteiger partial charge is 0.384 e. The third-order valence-corrected chi connectivity index (χ3v) is 4.16. The number of nitrogens with two attached hydrogens (primary N) is 1. The van der Waals surface area contributed by atoms with E-state index in [0.29, 0.717) is 17.4 Å². The average Bonchev–Trinajstić information content (AvgIpc) is 2.60. The molecular formula is C20H20ClN3. The minimum absolute atomic E-state index is 0.494. The fraction of sp³-hybridized carbons (Fsp3) is 0.150. The van der Waals surface area contributed by atoms with Crippen molar-refractivity contribution < 1.29 is 0 Å². The fourth-order valence-corrected chi connectivity index (χ4v) is 2.84. The number of nitrogens with zero attached hydrogens (tertiary/aromatic N) is 2. The molecule has 122 valence electrons. The molecule has 4 heteroatoms. The molecular weight excluding hydrogens is 318 g/mol. The summed E-state index contributed by atoms with van der Waals surface area (Å²) in [7, 11) is 0. The van der Waals surface area contributed by atoms with Gasteiger partial charge in [0.05, 0.1) is 10.7 Å². The van der Waals surface area contributed by atoms with Gasteiger partial charge >= 0.3 is 0 Å². The Balaban J connectivity index is 1.82. The van der Waals surface area contributed by atoms with Gasteiger partial charge in [-0.05, 0) is 23.3 Å². The highest BCUT2D eigenvalue weighted by Gasteiger charge is 2.12. The van der Waals surface area contributed by atoms with E-state index in [1.165, 1.54) is 11.1 Å². The average molecular weight is 338 g/mol. The lowest BCUT2D eigenvalue weighted by molar-refractivity contribution is 0.245. The Bertz CT molecular complexity index is 734. The number of nitrogen functional groups attached to an aromatic ring is 1. The zero-order chi connectivity index (χ0) is 16.8. The monoisotopic (exact) mass is 337 g/mol. The van der Waals surface area contributed by atoms with Crippen LogP contribution in [0.3, 0.4) is 0 Å². The fourth-order valence-electron chi connectivity index (χ4n) is 2.67. The molecule has 0 amide bonds. The van der Waals surface area contributed by atoms with Crippen LogP contribution < -0.4 is 5.73 Å². The van der Waals surface area contributed by atoms with Crippen LogP contribution >= 0.6 is 11.6 Å². The normalized spacial score (nSPS) is 10.9. The van der Waals surface area contributed by atoms with Gasteiger partial charge in [-0.3, -0.25) is 4.90 Å². The zero-order valence-electron chi connectivity index (χ0n) is 13.4. The molecule has 1 aromatic heterocycles. The molecule has 3 nitrogen and oxygen atoms in total. The summed E-state index contributed by atoms with van der Waals surface area (Å²) in [5, 5.41) is 0.648. The van der Waals surface area contributed by atoms with Gasteiger partial charge in [0.15, 0.2) is 0 Å². The molecule has 0 aliphatic rings. The van der Waals surface area contributed by atoms with E-state index in [1.54, 1.807) is 6.07 Å². The smallest absolute Gasteiger partial charge is 0.123 e. The first-order valence-electron chi connectivity index (χ1n) is 7.92. The van der Waals surface area contributed by atoms with Crippen LogP contribution in [0.5, 0.6) is 0 Å². The Labute approximate surface area is 147 Å². The maximum absolute atomic E-state index is 6.30. The SMILES string of the molecule is Nc1ccc(Cl)c(CN(Cc2ccccc2)Cc2ccccc2)n1. The Kier molecular flexibility index (Phi) is 5.47. The number of rotatable bonds is 6. The predicted octanol–water partition coefficient (Wildman–Crippen LogP) is 4.52. The summed E-state index contributed by atoms with van der Waals surface area (Å²) >= 11 is 6.30. The van der Waals surface area contributed by atoms with Crippen molar-refractivity contribution in [2.45, 2.75) is 19.6 Å². The molecule has 0 saturated carbocycles. The number of hydrogen-bond acceptors (Lipinski definition) is 3. The van der Waals surface area contributed by atoms with Crippen LogP contribution in [0.2, 0.25) is 5.02 Å².